The van der Waals surface area contributed by atoms with Gasteiger partial charge in [0, 0.05) is 29.7 Å². The second-order valence-electron chi connectivity index (χ2n) is 9.32. The Hall–Kier alpha value is -1.54. The number of benzene rings is 1. The molecule has 3 N–H and O–H groups in total. The Morgan fingerprint density at radius 2 is 1.83 bits per heavy atom. The summed E-state index contributed by atoms with van der Waals surface area (Å²) >= 11 is 3.23. The fourth-order valence-electron chi connectivity index (χ4n) is 6.39. The fraction of sp³-hybridized carbons (Fsp3) is 0.636. The Morgan fingerprint density at radius 1 is 1.13 bits per heavy atom. The number of nitrogens with one attached hydrogen (secondary N) is 3. The molecule has 3 saturated carbocycles. The molecule has 162 valence electrons. The first-order valence-corrected chi connectivity index (χ1v) is 11.6. The summed E-state index contributed by atoms with van der Waals surface area (Å²) in [6, 6.07) is 4.21. The minimum atomic E-state index is -1.10. The first kappa shape index (κ1) is 20.4. The van der Waals surface area contributed by atoms with E-state index in [0.717, 1.165) is 25.7 Å². The largest absolute Gasteiger partial charge is 0.352 e. The van der Waals surface area contributed by atoms with Gasteiger partial charge in [0.15, 0.2) is 0 Å². The highest BCUT2D eigenvalue weighted by molar-refractivity contribution is 9.10. The van der Waals surface area contributed by atoms with Gasteiger partial charge in [-0.25, -0.2) is 8.78 Å². The van der Waals surface area contributed by atoms with Crippen LogP contribution >= 0.6 is 15.9 Å². The topological polar surface area (TPSA) is 70.2 Å². The van der Waals surface area contributed by atoms with E-state index in [1.54, 1.807) is 12.1 Å². The SMILES string of the molecule is O=C(NCc1ccc(Br)cc1F)C1C(C(=O)N[C@@H]2CNC[C@@H]2F)C2CCC1C21CC1. The maximum atomic E-state index is 14.1. The molecular formula is C22H26BrF2N3O2. The van der Waals surface area contributed by atoms with E-state index in [1.165, 1.54) is 6.07 Å². The van der Waals surface area contributed by atoms with E-state index in [-0.39, 0.29) is 48.0 Å². The summed E-state index contributed by atoms with van der Waals surface area (Å²) in [6.07, 6.45) is 2.93. The minimum absolute atomic E-state index is 0.0896. The molecule has 1 heterocycles. The predicted octanol–water partition coefficient (Wildman–Crippen LogP) is 2.68. The first-order chi connectivity index (χ1) is 14.4. The Kier molecular flexibility index (Phi) is 5.13. The number of amides is 2. The molecule has 1 spiro atoms. The summed E-state index contributed by atoms with van der Waals surface area (Å²) in [7, 11) is 0. The molecule has 3 aliphatic carbocycles. The van der Waals surface area contributed by atoms with Gasteiger partial charge in [-0.05, 0) is 55.1 Å². The van der Waals surface area contributed by atoms with Crippen molar-refractivity contribution in [2.24, 2.45) is 29.1 Å². The van der Waals surface area contributed by atoms with Gasteiger partial charge < -0.3 is 16.0 Å². The van der Waals surface area contributed by atoms with E-state index >= 15 is 0 Å². The molecule has 30 heavy (non-hydrogen) atoms. The highest BCUT2D eigenvalue weighted by atomic mass is 79.9. The summed E-state index contributed by atoms with van der Waals surface area (Å²) in [5, 5.41) is 8.71. The van der Waals surface area contributed by atoms with Gasteiger partial charge in [0.25, 0.3) is 0 Å². The zero-order valence-electron chi connectivity index (χ0n) is 16.6. The Balaban J connectivity index is 1.32. The average molecular weight is 482 g/mol. The monoisotopic (exact) mass is 481 g/mol. The van der Waals surface area contributed by atoms with Gasteiger partial charge in [-0.2, -0.15) is 0 Å². The van der Waals surface area contributed by atoms with Crippen molar-refractivity contribution in [3.63, 3.8) is 0 Å². The normalized spacial score (nSPS) is 35.6. The van der Waals surface area contributed by atoms with Crippen LogP contribution in [0.25, 0.3) is 0 Å². The van der Waals surface area contributed by atoms with Crippen LogP contribution in [0.5, 0.6) is 0 Å². The van der Waals surface area contributed by atoms with Gasteiger partial charge in [0.1, 0.15) is 12.0 Å². The van der Waals surface area contributed by atoms with Crippen molar-refractivity contribution in [1.82, 2.24) is 16.0 Å². The van der Waals surface area contributed by atoms with Crippen molar-refractivity contribution in [2.75, 3.05) is 13.1 Å². The standard InChI is InChI=1S/C22H26BrF2N3O2/c23-12-2-1-11(15(24)7-12)8-27-20(29)18-13-3-4-14(22(13)5-6-22)19(18)21(30)28-17-10-26-9-16(17)25/h1-2,7,13-14,16-19,26H,3-6,8-10H2,(H,27,29)(H,28,30)/t13?,14?,16-,17+,18?,19?/m0/s1. The number of carbonyl (C=O) groups is 2. The van der Waals surface area contributed by atoms with Crippen molar-refractivity contribution in [1.29, 1.82) is 0 Å². The third kappa shape index (κ3) is 3.27. The molecule has 4 fully saturated rings. The Bertz CT molecular complexity index is 878. The predicted molar refractivity (Wildman–Crippen MR) is 111 cm³/mol. The van der Waals surface area contributed by atoms with E-state index in [1.807, 2.05) is 0 Å². The van der Waals surface area contributed by atoms with Crippen LogP contribution < -0.4 is 16.0 Å². The number of carbonyl (C=O) groups excluding carboxylic acids is 2. The van der Waals surface area contributed by atoms with Crippen molar-refractivity contribution in [3.05, 3.63) is 34.1 Å². The molecule has 2 bridgehead atoms. The van der Waals surface area contributed by atoms with Crippen LogP contribution in [-0.4, -0.2) is 37.1 Å². The van der Waals surface area contributed by atoms with E-state index in [9.17, 15) is 18.4 Å². The number of rotatable bonds is 5. The van der Waals surface area contributed by atoms with Gasteiger partial charge in [-0.3, -0.25) is 9.59 Å². The third-order valence-electron chi connectivity index (χ3n) is 7.89. The van der Waals surface area contributed by atoms with Crippen LogP contribution in [0.3, 0.4) is 0 Å². The molecule has 2 amide bonds. The molecule has 5 nitrogen and oxygen atoms in total. The Labute approximate surface area is 182 Å². The van der Waals surface area contributed by atoms with Crippen LogP contribution in [0.15, 0.2) is 22.7 Å². The smallest absolute Gasteiger partial charge is 0.224 e. The molecule has 4 unspecified atom stereocenters. The molecule has 1 aromatic carbocycles. The third-order valence-corrected chi connectivity index (χ3v) is 8.38. The van der Waals surface area contributed by atoms with Crippen molar-refractivity contribution in [3.8, 4) is 0 Å². The summed E-state index contributed by atoms with van der Waals surface area (Å²) in [5.41, 5.74) is 0.518. The number of hydrogen-bond acceptors (Lipinski definition) is 3. The van der Waals surface area contributed by atoms with Gasteiger partial charge in [0.05, 0.1) is 17.9 Å². The second-order valence-corrected chi connectivity index (χ2v) is 10.2. The van der Waals surface area contributed by atoms with Gasteiger partial charge in [-0.1, -0.05) is 22.0 Å². The zero-order valence-corrected chi connectivity index (χ0v) is 18.2. The minimum Gasteiger partial charge on any atom is -0.352 e. The quantitative estimate of drug-likeness (QED) is 0.605. The summed E-state index contributed by atoms with van der Waals surface area (Å²) in [4.78, 5) is 26.4. The lowest BCUT2D eigenvalue weighted by atomic mass is 9.78. The van der Waals surface area contributed by atoms with Crippen LogP contribution in [-0.2, 0) is 16.1 Å². The highest BCUT2D eigenvalue weighted by Gasteiger charge is 2.71. The molecule has 8 heteroatoms. The van der Waals surface area contributed by atoms with Gasteiger partial charge in [0.2, 0.25) is 11.8 Å². The fourth-order valence-corrected chi connectivity index (χ4v) is 6.73. The molecule has 1 aromatic rings. The molecule has 1 saturated heterocycles. The lowest BCUT2D eigenvalue weighted by molar-refractivity contribution is -0.137. The van der Waals surface area contributed by atoms with E-state index in [2.05, 4.69) is 31.9 Å². The maximum absolute atomic E-state index is 14.1. The maximum Gasteiger partial charge on any atom is 0.224 e. The summed E-state index contributed by atoms with van der Waals surface area (Å²) in [5.74, 6) is -1.22. The average Bonchev–Trinajstić information content (AvgIpc) is 3.21. The first-order valence-electron chi connectivity index (χ1n) is 10.8. The highest BCUT2D eigenvalue weighted by Crippen LogP contribution is 2.74. The number of halogens is 3. The molecule has 0 radical (unpaired) electrons. The number of alkyl halides is 1. The molecular weight excluding hydrogens is 456 g/mol. The van der Waals surface area contributed by atoms with Crippen LogP contribution in [0.4, 0.5) is 8.78 Å². The molecule has 4 aliphatic rings. The van der Waals surface area contributed by atoms with Crippen LogP contribution in [0.1, 0.15) is 31.2 Å². The van der Waals surface area contributed by atoms with Gasteiger partial charge >= 0.3 is 0 Å². The molecule has 5 rings (SSSR count). The second kappa shape index (κ2) is 7.55. The number of hydrogen-bond donors (Lipinski definition) is 3. The zero-order chi connectivity index (χ0) is 21.0. The lowest BCUT2D eigenvalue weighted by Crippen LogP contribution is -2.49. The van der Waals surface area contributed by atoms with Crippen LogP contribution in [0, 0.1) is 34.9 Å². The van der Waals surface area contributed by atoms with Crippen molar-refractivity contribution >= 4 is 27.7 Å². The molecule has 1 aliphatic heterocycles. The lowest BCUT2D eigenvalue weighted by Gasteiger charge is -2.30. The van der Waals surface area contributed by atoms with Crippen molar-refractivity contribution < 1.29 is 18.4 Å². The van der Waals surface area contributed by atoms with Gasteiger partial charge in [-0.15, -0.1) is 0 Å². The summed E-state index contributed by atoms with van der Waals surface area (Å²) < 4.78 is 28.8. The Morgan fingerprint density at radius 3 is 2.43 bits per heavy atom. The molecule has 0 aromatic heterocycles. The van der Waals surface area contributed by atoms with E-state index in [0.29, 0.717) is 16.6 Å². The van der Waals surface area contributed by atoms with Crippen LogP contribution in [0.2, 0.25) is 0 Å². The van der Waals surface area contributed by atoms with Crippen molar-refractivity contribution in [2.45, 2.75) is 44.4 Å². The summed E-state index contributed by atoms with van der Waals surface area (Å²) in [6.45, 7) is 0.749. The van der Waals surface area contributed by atoms with E-state index in [4.69, 9.17) is 0 Å². The van der Waals surface area contributed by atoms with E-state index < -0.39 is 24.0 Å². The molecule has 6 atom stereocenters.